The number of halogens is 1. The molecule has 1 aromatic heterocycles. The lowest BCUT2D eigenvalue weighted by atomic mass is 10.1. The molecule has 0 aliphatic heterocycles. The van der Waals surface area contributed by atoms with Crippen molar-refractivity contribution >= 4 is 22.5 Å². The third-order valence-electron chi connectivity index (χ3n) is 2.29. The fraction of sp³-hybridized carbons (Fsp3) is 0.182. The zero-order valence-corrected chi connectivity index (χ0v) is 8.52. The summed E-state index contributed by atoms with van der Waals surface area (Å²) in [6.07, 6.45) is 2.33. The number of hydrogen-bond acceptors (Lipinski definition) is 1. The van der Waals surface area contributed by atoms with E-state index >= 15 is 0 Å². The standard InChI is InChI=1S/C11H9ClN2/c1-7-6-14-11-9(7)4-8(2-3-13)5-10(11)12/h4-6,14H,2H2,1H3. The average molecular weight is 205 g/mol. The summed E-state index contributed by atoms with van der Waals surface area (Å²) >= 11 is 6.07. The van der Waals surface area contributed by atoms with E-state index in [2.05, 4.69) is 11.1 Å². The molecule has 2 rings (SSSR count). The van der Waals surface area contributed by atoms with E-state index < -0.39 is 0 Å². The fourth-order valence-corrected chi connectivity index (χ4v) is 1.87. The van der Waals surface area contributed by atoms with Crippen LogP contribution in [0, 0.1) is 18.3 Å². The van der Waals surface area contributed by atoms with E-state index in [1.165, 1.54) is 0 Å². The Morgan fingerprint density at radius 1 is 1.50 bits per heavy atom. The first-order valence-electron chi connectivity index (χ1n) is 4.35. The predicted octanol–water partition coefficient (Wildman–Crippen LogP) is 3.20. The second-order valence-electron chi connectivity index (χ2n) is 3.31. The number of hydrogen-bond donors (Lipinski definition) is 1. The van der Waals surface area contributed by atoms with Crippen molar-refractivity contribution in [2.75, 3.05) is 0 Å². The van der Waals surface area contributed by atoms with Crippen LogP contribution in [-0.2, 0) is 6.42 Å². The van der Waals surface area contributed by atoms with E-state index in [1.807, 2.05) is 25.3 Å². The van der Waals surface area contributed by atoms with Gasteiger partial charge in [0, 0.05) is 11.6 Å². The van der Waals surface area contributed by atoms with Gasteiger partial charge in [-0.25, -0.2) is 0 Å². The summed E-state index contributed by atoms with van der Waals surface area (Å²) in [5.41, 5.74) is 3.07. The largest absolute Gasteiger partial charge is 0.360 e. The molecule has 0 saturated heterocycles. The third kappa shape index (κ3) is 1.36. The smallest absolute Gasteiger partial charge is 0.0669 e. The average Bonchev–Trinajstić information content (AvgIpc) is 2.49. The number of H-pyrrole nitrogens is 1. The maximum atomic E-state index is 8.60. The Balaban J connectivity index is 2.70. The zero-order chi connectivity index (χ0) is 10.1. The minimum Gasteiger partial charge on any atom is -0.360 e. The Bertz CT molecular complexity index is 520. The molecule has 0 unspecified atom stereocenters. The van der Waals surface area contributed by atoms with Crippen LogP contribution in [0.2, 0.25) is 5.02 Å². The van der Waals surface area contributed by atoms with E-state index in [9.17, 15) is 0 Å². The molecule has 70 valence electrons. The van der Waals surface area contributed by atoms with Crippen molar-refractivity contribution < 1.29 is 0 Å². The van der Waals surface area contributed by atoms with Crippen molar-refractivity contribution in [1.29, 1.82) is 5.26 Å². The van der Waals surface area contributed by atoms with Crippen LogP contribution < -0.4 is 0 Å². The van der Waals surface area contributed by atoms with Gasteiger partial charge in [-0.2, -0.15) is 5.26 Å². The van der Waals surface area contributed by atoms with Crippen LogP contribution in [-0.4, -0.2) is 4.98 Å². The summed E-state index contributed by atoms with van der Waals surface area (Å²) in [6.45, 7) is 2.02. The number of nitrogens with one attached hydrogen (secondary N) is 1. The summed E-state index contributed by atoms with van der Waals surface area (Å²) < 4.78 is 0. The Labute approximate surface area is 87.1 Å². The molecule has 1 aromatic carbocycles. The van der Waals surface area contributed by atoms with E-state index in [0.717, 1.165) is 22.0 Å². The highest BCUT2D eigenvalue weighted by Crippen LogP contribution is 2.26. The van der Waals surface area contributed by atoms with Crippen LogP contribution in [0.25, 0.3) is 10.9 Å². The van der Waals surface area contributed by atoms with Gasteiger partial charge in [0.25, 0.3) is 0 Å². The monoisotopic (exact) mass is 204 g/mol. The molecular formula is C11H9ClN2. The molecule has 0 bridgehead atoms. The molecule has 0 atom stereocenters. The van der Waals surface area contributed by atoms with Gasteiger partial charge in [0.2, 0.25) is 0 Å². The number of nitriles is 1. The second kappa shape index (κ2) is 3.36. The van der Waals surface area contributed by atoms with Crippen molar-refractivity contribution in [3.63, 3.8) is 0 Å². The van der Waals surface area contributed by atoms with E-state index in [-0.39, 0.29) is 0 Å². The summed E-state index contributed by atoms with van der Waals surface area (Å²) in [6, 6.07) is 5.97. The lowest BCUT2D eigenvalue weighted by Crippen LogP contribution is -1.82. The van der Waals surface area contributed by atoms with Gasteiger partial charge in [-0.3, -0.25) is 0 Å². The molecule has 0 amide bonds. The summed E-state index contributed by atoms with van der Waals surface area (Å²) in [5.74, 6) is 0. The normalized spacial score (nSPS) is 10.4. The number of aromatic amines is 1. The third-order valence-corrected chi connectivity index (χ3v) is 2.59. The molecule has 3 heteroatoms. The zero-order valence-electron chi connectivity index (χ0n) is 7.76. The maximum Gasteiger partial charge on any atom is 0.0669 e. The van der Waals surface area contributed by atoms with Gasteiger partial charge in [0.05, 0.1) is 23.0 Å². The van der Waals surface area contributed by atoms with Crippen LogP contribution in [0.4, 0.5) is 0 Å². The topological polar surface area (TPSA) is 39.6 Å². The number of aromatic nitrogens is 1. The highest BCUT2D eigenvalue weighted by Gasteiger charge is 2.05. The lowest BCUT2D eigenvalue weighted by Gasteiger charge is -1.99. The predicted molar refractivity (Wildman–Crippen MR) is 57.4 cm³/mol. The van der Waals surface area contributed by atoms with Crippen molar-refractivity contribution in [2.45, 2.75) is 13.3 Å². The van der Waals surface area contributed by atoms with Crippen LogP contribution in [0.5, 0.6) is 0 Å². The minimum atomic E-state index is 0.403. The molecule has 0 fully saturated rings. The van der Waals surface area contributed by atoms with Gasteiger partial charge < -0.3 is 4.98 Å². The van der Waals surface area contributed by atoms with Gasteiger partial charge in [-0.05, 0) is 30.2 Å². The first-order chi connectivity index (χ1) is 6.72. The molecule has 1 heterocycles. The second-order valence-corrected chi connectivity index (χ2v) is 3.71. The molecule has 0 radical (unpaired) electrons. The molecule has 0 aliphatic rings. The van der Waals surface area contributed by atoms with Gasteiger partial charge >= 0.3 is 0 Å². The number of rotatable bonds is 1. The van der Waals surface area contributed by atoms with Crippen molar-refractivity contribution in [2.24, 2.45) is 0 Å². The van der Waals surface area contributed by atoms with Gasteiger partial charge in [0.1, 0.15) is 0 Å². The SMILES string of the molecule is Cc1c[nH]c2c(Cl)cc(CC#N)cc12. The highest BCUT2D eigenvalue weighted by atomic mass is 35.5. The van der Waals surface area contributed by atoms with E-state index in [1.54, 1.807) is 0 Å². The summed E-state index contributed by atoms with van der Waals surface area (Å²) in [4.78, 5) is 3.11. The Morgan fingerprint density at radius 2 is 2.29 bits per heavy atom. The van der Waals surface area contributed by atoms with Crippen LogP contribution in [0.1, 0.15) is 11.1 Å². The molecular weight excluding hydrogens is 196 g/mol. The first kappa shape index (κ1) is 9.11. The fourth-order valence-electron chi connectivity index (χ4n) is 1.57. The molecule has 2 nitrogen and oxygen atoms in total. The van der Waals surface area contributed by atoms with Crippen molar-refractivity contribution in [1.82, 2.24) is 4.98 Å². The maximum absolute atomic E-state index is 8.60. The number of benzene rings is 1. The van der Waals surface area contributed by atoms with Crippen LogP contribution in [0.15, 0.2) is 18.3 Å². The molecule has 0 aliphatic carbocycles. The molecule has 14 heavy (non-hydrogen) atoms. The molecule has 0 saturated carbocycles. The Morgan fingerprint density at radius 3 is 3.00 bits per heavy atom. The van der Waals surface area contributed by atoms with Gasteiger partial charge in [-0.1, -0.05) is 11.6 Å². The first-order valence-corrected chi connectivity index (χ1v) is 4.73. The summed E-state index contributed by atoms with van der Waals surface area (Å²) in [5, 5.41) is 10.4. The number of aryl methyl sites for hydroxylation is 1. The van der Waals surface area contributed by atoms with E-state index in [4.69, 9.17) is 16.9 Å². The molecule has 0 spiro atoms. The minimum absolute atomic E-state index is 0.403. The Hall–Kier alpha value is -1.46. The Kier molecular flexibility index (Phi) is 2.18. The summed E-state index contributed by atoms with van der Waals surface area (Å²) in [7, 11) is 0. The highest BCUT2D eigenvalue weighted by molar-refractivity contribution is 6.35. The van der Waals surface area contributed by atoms with Gasteiger partial charge in [-0.15, -0.1) is 0 Å². The van der Waals surface area contributed by atoms with Crippen LogP contribution >= 0.6 is 11.6 Å². The van der Waals surface area contributed by atoms with E-state index in [0.29, 0.717) is 11.4 Å². The van der Waals surface area contributed by atoms with Crippen LogP contribution in [0.3, 0.4) is 0 Å². The van der Waals surface area contributed by atoms with Crippen molar-refractivity contribution in [3.05, 3.63) is 34.5 Å². The van der Waals surface area contributed by atoms with Crippen molar-refractivity contribution in [3.8, 4) is 6.07 Å². The number of nitrogens with zero attached hydrogens (tertiary/aromatic N) is 1. The quantitative estimate of drug-likeness (QED) is 0.762. The lowest BCUT2D eigenvalue weighted by molar-refractivity contribution is 1.27. The molecule has 2 aromatic rings. The molecule has 1 N–H and O–H groups in total. The number of fused-ring (bicyclic) bond motifs is 1. The van der Waals surface area contributed by atoms with Gasteiger partial charge in [0.15, 0.2) is 0 Å².